The van der Waals surface area contributed by atoms with Gasteiger partial charge in [0.15, 0.2) is 0 Å². The van der Waals surface area contributed by atoms with E-state index in [4.69, 9.17) is 21.4 Å². The van der Waals surface area contributed by atoms with Crippen LogP contribution < -0.4 is 10.1 Å². The second-order valence-corrected chi connectivity index (χ2v) is 7.08. The molecule has 0 saturated carbocycles. The number of hydrogen-bond acceptors (Lipinski definition) is 3. The van der Waals surface area contributed by atoms with E-state index in [-0.39, 0.29) is 19.0 Å². The summed E-state index contributed by atoms with van der Waals surface area (Å²) in [6.07, 6.45) is 2.97. The number of hydrogen-bond donors (Lipinski definition) is 2. The highest BCUT2D eigenvalue weighted by Gasteiger charge is 2.09. The van der Waals surface area contributed by atoms with E-state index < -0.39 is 0 Å². The van der Waals surface area contributed by atoms with Crippen molar-refractivity contribution in [1.82, 2.24) is 5.32 Å². The van der Waals surface area contributed by atoms with Crippen LogP contribution in [-0.4, -0.2) is 18.3 Å². The zero-order valence-electron chi connectivity index (χ0n) is 15.9. The smallest absolute Gasteiger partial charge is 0.124 e. The summed E-state index contributed by atoms with van der Waals surface area (Å²) in [5, 5.41) is 15.6. The highest BCUT2D eigenvalue weighted by molar-refractivity contribution is 6.30. The standard InChI is InChI=1S/C23H26ClNO2.ClH/c24-20-11-8-18(9-12-20)17-27-23-13-10-19-6-2-3-7-21(19)22(23)16-25-14-4-1-5-15-26;/h2-3,6-13,25-26H,1,4-5,14-17H2;1H. The quantitative estimate of drug-likeness (QED) is 0.411. The van der Waals surface area contributed by atoms with Crippen LogP contribution in [0, 0.1) is 0 Å². The third-order valence-corrected chi connectivity index (χ3v) is 4.87. The second-order valence-electron chi connectivity index (χ2n) is 6.64. The van der Waals surface area contributed by atoms with Gasteiger partial charge in [0.2, 0.25) is 0 Å². The Morgan fingerprint density at radius 1 is 0.893 bits per heavy atom. The van der Waals surface area contributed by atoms with Crippen molar-refractivity contribution in [2.45, 2.75) is 32.4 Å². The lowest BCUT2D eigenvalue weighted by Gasteiger charge is -2.15. The Kier molecular flexibility index (Phi) is 9.59. The van der Waals surface area contributed by atoms with Crippen molar-refractivity contribution in [3.8, 4) is 5.75 Å². The van der Waals surface area contributed by atoms with Crippen molar-refractivity contribution in [3.05, 3.63) is 76.8 Å². The van der Waals surface area contributed by atoms with Crippen molar-refractivity contribution in [1.29, 1.82) is 0 Å². The molecular weight excluding hydrogens is 393 g/mol. The maximum absolute atomic E-state index is 8.88. The van der Waals surface area contributed by atoms with E-state index >= 15 is 0 Å². The number of benzene rings is 3. The van der Waals surface area contributed by atoms with Crippen molar-refractivity contribution in [2.24, 2.45) is 0 Å². The molecule has 0 bridgehead atoms. The summed E-state index contributed by atoms with van der Waals surface area (Å²) in [5.74, 6) is 0.909. The lowest BCUT2D eigenvalue weighted by Crippen LogP contribution is -2.16. The lowest BCUT2D eigenvalue weighted by atomic mass is 10.0. The van der Waals surface area contributed by atoms with E-state index in [1.54, 1.807) is 0 Å². The molecule has 0 unspecified atom stereocenters. The van der Waals surface area contributed by atoms with Crippen LogP contribution in [0.15, 0.2) is 60.7 Å². The number of ether oxygens (including phenoxy) is 1. The summed E-state index contributed by atoms with van der Waals surface area (Å²) in [5.41, 5.74) is 2.28. The van der Waals surface area contributed by atoms with Crippen molar-refractivity contribution >= 4 is 34.8 Å². The fourth-order valence-electron chi connectivity index (χ4n) is 3.13. The van der Waals surface area contributed by atoms with E-state index in [0.717, 1.165) is 48.7 Å². The van der Waals surface area contributed by atoms with Gasteiger partial charge in [-0.1, -0.05) is 54.1 Å². The Morgan fingerprint density at radius 2 is 1.68 bits per heavy atom. The molecule has 0 atom stereocenters. The van der Waals surface area contributed by atoms with E-state index in [2.05, 4.69) is 41.7 Å². The minimum atomic E-state index is 0. The van der Waals surface area contributed by atoms with E-state index in [1.165, 1.54) is 16.3 Å². The Morgan fingerprint density at radius 3 is 2.46 bits per heavy atom. The number of fused-ring (bicyclic) bond motifs is 1. The molecule has 0 aliphatic rings. The number of halogens is 2. The van der Waals surface area contributed by atoms with Crippen molar-refractivity contribution in [2.75, 3.05) is 13.2 Å². The maximum Gasteiger partial charge on any atom is 0.124 e. The summed E-state index contributed by atoms with van der Waals surface area (Å²) >= 11 is 5.96. The fraction of sp³-hybridized carbons (Fsp3) is 0.304. The number of aliphatic hydroxyl groups is 1. The fourth-order valence-corrected chi connectivity index (χ4v) is 3.25. The van der Waals surface area contributed by atoms with Crippen molar-refractivity contribution < 1.29 is 9.84 Å². The van der Waals surface area contributed by atoms with E-state index in [1.807, 2.05) is 24.3 Å². The minimum absolute atomic E-state index is 0. The predicted molar refractivity (Wildman–Crippen MR) is 120 cm³/mol. The molecule has 3 aromatic rings. The average molecular weight is 420 g/mol. The molecule has 0 fully saturated rings. The Labute approximate surface area is 178 Å². The average Bonchev–Trinajstić information content (AvgIpc) is 2.70. The van der Waals surface area contributed by atoms with Crippen LogP contribution in [0.1, 0.15) is 30.4 Å². The summed E-state index contributed by atoms with van der Waals surface area (Å²) in [4.78, 5) is 0. The molecular formula is C23H27Cl2NO2. The Balaban J connectivity index is 0.00000280. The van der Waals surface area contributed by atoms with Gasteiger partial charge in [0, 0.05) is 23.7 Å². The van der Waals surface area contributed by atoms with E-state index in [9.17, 15) is 0 Å². The maximum atomic E-state index is 8.88. The summed E-state index contributed by atoms with van der Waals surface area (Å²) < 4.78 is 6.15. The highest BCUT2D eigenvalue weighted by Crippen LogP contribution is 2.29. The molecule has 0 amide bonds. The molecule has 0 aromatic heterocycles. The van der Waals surface area contributed by atoms with E-state index in [0.29, 0.717) is 6.61 Å². The first kappa shape index (κ1) is 22.5. The molecule has 3 nitrogen and oxygen atoms in total. The predicted octanol–water partition coefficient (Wildman–Crippen LogP) is 5.75. The monoisotopic (exact) mass is 419 g/mol. The van der Waals surface area contributed by atoms with Crippen LogP contribution in [0.5, 0.6) is 5.75 Å². The summed E-state index contributed by atoms with van der Waals surface area (Å²) in [6.45, 7) is 2.47. The molecule has 0 spiro atoms. The molecule has 0 saturated heterocycles. The first-order valence-corrected chi connectivity index (χ1v) is 9.85. The zero-order valence-corrected chi connectivity index (χ0v) is 17.4. The highest BCUT2D eigenvalue weighted by atomic mass is 35.5. The zero-order chi connectivity index (χ0) is 18.9. The van der Waals surface area contributed by atoms with Crippen LogP contribution in [0.25, 0.3) is 10.8 Å². The SMILES string of the molecule is Cl.OCCCCCNCc1c(OCc2ccc(Cl)cc2)ccc2ccccc12. The second kappa shape index (κ2) is 11.9. The van der Waals surface area contributed by atoms with Crippen LogP contribution in [0.3, 0.4) is 0 Å². The van der Waals surface area contributed by atoms with Gasteiger partial charge in [0.25, 0.3) is 0 Å². The summed E-state index contributed by atoms with van der Waals surface area (Å²) in [6, 6.07) is 20.3. The topological polar surface area (TPSA) is 41.5 Å². The third-order valence-electron chi connectivity index (χ3n) is 4.62. The normalized spacial score (nSPS) is 10.6. The largest absolute Gasteiger partial charge is 0.489 e. The molecule has 5 heteroatoms. The molecule has 0 radical (unpaired) electrons. The summed E-state index contributed by atoms with van der Waals surface area (Å²) in [7, 11) is 0. The van der Waals surface area contributed by atoms with Gasteiger partial charge in [0.05, 0.1) is 0 Å². The van der Waals surface area contributed by atoms with Gasteiger partial charge in [-0.15, -0.1) is 12.4 Å². The minimum Gasteiger partial charge on any atom is -0.489 e. The molecule has 0 aliphatic carbocycles. The third kappa shape index (κ3) is 6.39. The van der Waals surface area contributed by atoms with Crippen LogP contribution in [0.2, 0.25) is 5.02 Å². The molecule has 28 heavy (non-hydrogen) atoms. The van der Waals surface area contributed by atoms with Crippen LogP contribution >= 0.6 is 24.0 Å². The van der Waals surface area contributed by atoms with Gasteiger partial charge in [-0.3, -0.25) is 0 Å². The van der Waals surface area contributed by atoms with Gasteiger partial charge in [-0.05, 0) is 60.3 Å². The molecule has 3 rings (SSSR count). The number of aliphatic hydroxyl groups excluding tert-OH is 1. The number of nitrogens with one attached hydrogen (secondary N) is 1. The van der Waals surface area contributed by atoms with Gasteiger partial charge in [0.1, 0.15) is 12.4 Å². The lowest BCUT2D eigenvalue weighted by molar-refractivity contribution is 0.282. The number of unbranched alkanes of at least 4 members (excludes halogenated alkanes) is 2. The molecule has 2 N–H and O–H groups in total. The van der Waals surface area contributed by atoms with Gasteiger partial charge in [-0.25, -0.2) is 0 Å². The number of rotatable bonds is 10. The van der Waals surface area contributed by atoms with Gasteiger partial charge < -0.3 is 15.2 Å². The first-order chi connectivity index (χ1) is 13.3. The molecule has 0 heterocycles. The van der Waals surface area contributed by atoms with Crippen LogP contribution in [-0.2, 0) is 13.2 Å². The first-order valence-electron chi connectivity index (χ1n) is 9.47. The van der Waals surface area contributed by atoms with Gasteiger partial charge in [-0.2, -0.15) is 0 Å². The molecule has 3 aromatic carbocycles. The van der Waals surface area contributed by atoms with Crippen molar-refractivity contribution in [3.63, 3.8) is 0 Å². The molecule has 0 aliphatic heterocycles. The molecule has 150 valence electrons. The Hall–Kier alpha value is -1.78. The van der Waals surface area contributed by atoms with Crippen LogP contribution in [0.4, 0.5) is 0 Å². The van der Waals surface area contributed by atoms with Gasteiger partial charge >= 0.3 is 0 Å². The Bertz CT molecular complexity index is 853.